The van der Waals surface area contributed by atoms with Gasteiger partial charge in [-0.3, -0.25) is 0 Å². The van der Waals surface area contributed by atoms with Crippen LogP contribution in [0.1, 0.15) is 17.2 Å². The van der Waals surface area contributed by atoms with Crippen molar-refractivity contribution in [2.45, 2.75) is 6.04 Å². The predicted molar refractivity (Wildman–Crippen MR) is 134 cm³/mol. The molecule has 1 unspecified atom stereocenters. The molecule has 1 saturated heterocycles. The van der Waals surface area contributed by atoms with Crippen molar-refractivity contribution < 1.29 is 8.42 Å². The first kappa shape index (κ1) is 23.1. The summed E-state index contributed by atoms with van der Waals surface area (Å²) in [5, 5.41) is 2.97. The van der Waals surface area contributed by atoms with Gasteiger partial charge in [-0.2, -0.15) is 4.31 Å². The highest BCUT2D eigenvalue weighted by atomic mass is 35.5. The topological polar surface area (TPSA) is 40.6 Å². The molecule has 0 radical (unpaired) electrons. The summed E-state index contributed by atoms with van der Waals surface area (Å²) >= 11 is 18.7. The first-order valence-corrected chi connectivity index (χ1v) is 12.7. The number of hydrogen-bond acceptors (Lipinski definition) is 3. The molecular formula is C24H21Cl3N2O2S. The number of hydrogen-bond donors (Lipinski definition) is 0. The van der Waals surface area contributed by atoms with Crippen LogP contribution in [-0.4, -0.2) is 32.4 Å². The van der Waals surface area contributed by atoms with Gasteiger partial charge in [-0.25, -0.2) is 8.42 Å². The van der Waals surface area contributed by atoms with Gasteiger partial charge in [0.05, 0.1) is 16.8 Å². The largest absolute Gasteiger partial charge is 0.361 e. The number of halogens is 3. The van der Waals surface area contributed by atoms with Crippen LogP contribution in [0, 0.1) is 0 Å². The average molecular weight is 508 g/mol. The van der Waals surface area contributed by atoms with Crippen LogP contribution in [0.15, 0.2) is 78.2 Å². The van der Waals surface area contributed by atoms with Crippen LogP contribution < -0.4 is 4.90 Å². The summed E-state index contributed by atoms with van der Waals surface area (Å²) in [7, 11) is -3.61. The summed E-state index contributed by atoms with van der Waals surface area (Å²) in [6.07, 6.45) is 1.62. The molecule has 4 rings (SSSR count). The second-order valence-corrected chi connectivity index (χ2v) is 10.6. The summed E-state index contributed by atoms with van der Waals surface area (Å²) in [5.41, 5.74) is 2.59. The second kappa shape index (κ2) is 9.86. The van der Waals surface area contributed by atoms with Crippen molar-refractivity contribution in [1.82, 2.24) is 4.31 Å². The van der Waals surface area contributed by atoms with Crippen molar-refractivity contribution in [3.63, 3.8) is 0 Å². The molecule has 0 bridgehead atoms. The van der Waals surface area contributed by atoms with Gasteiger partial charge in [0.25, 0.3) is 0 Å². The van der Waals surface area contributed by atoms with Crippen LogP contribution in [-0.2, 0) is 10.0 Å². The van der Waals surface area contributed by atoms with Crippen molar-refractivity contribution in [3.05, 3.63) is 104 Å². The Morgan fingerprint density at radius 2 is 1.53 bits per heavy atom. The number of rotatable bonds is 5. The van der Waals surface area contributed by atoms with Gasteiger partial charge in [0.2, 0.25) is 10.0 Å². The van der Waals surface area contributed by atoms with E-state index in [1.54, 1.807) is 30.3 Å². The molecular weight excluding hydrogens is 487 g/mol. The lowest BCUT2D eigenvalue weighted by atomic mass is 10.0. The van der Waals surface area contributed by atoms with E-state index in [9.17, 15) is 8.42 Å². The molecule has 0 saturated carbocycles. The Balaban J connectivity index is 1.65. The van der Waals surface area contributed by atoms with Gasteiger partial charge in [-0.05, 0) is 47.5 Å². The third-order valence-corrected chi connectivity index (χ3v) is 7.73. The lowest BCUT2D eigenvalue weighted by molar-refractivity contribution is 0.339. The Kier molecular flexibility index (Phi) is 7.13. The number of nitrogens with zero attached hydrogens (tertiary/aromatic N) is 2. The lowest BCUT2D eigenvalue weighted by Crippen LogP contribution is -2.50. The standard InChI is InChI=1S/C24H21Cl3N2O2S/c25-20-8-6-19(7-9-20)24-17-28(32(30,31)15-12-18-4-2-1-3-5-18)13-14-29(24)23-11-10-21(26)16-22(23)27/h1-12,15-16,24H,13-14,17H2/b15-12+. The maximum absolute atomic E-state index is 13.1. The first-order chi connectivity index (χ1) is 15.3. The molecule has 0 amide bonds. The summed E-state index contributed by atoms with van der Waals surface area (Å²) < 4.78 is 27.7. The number of benzene rings is 3. The third kappa shape index (κ3) is 5.30. The van der Waals surface area contributed by atoms with Crippen molar-refractivity contribution in [2.75, 3.05) is 24.5 Å². The molecule has 1 heterocycles. The molecule has 1 aliphatic heterocycles. The molecule has 3 aromatic carbocycles. The van der Waals surface area contributed by atoms with Gasteiger partial charge in [0, 0.05) is 35.1 Å². The van der Waals surface area contributed by atoms with E-state index in [2.05, 4.69) is 4.90 Å². The van der Waals surface area contributed by atoms with E-state index in [0.717, 1.165) is 16.8 Å². The van der Waals surface area contributed by atoms with Crippen LogP contribution in [0.5, 0.6) is 0 Å². The van der Waals surface area contributed by atoms with E-state index in [1.165, 1.54) is 9.71 Å². The summed E-state index contributed by atoms with van der Waals surface area (Å²) in [4.78, 5) is 2.12. The summed E-state index contributed by atoms with van der Waals surface area (Å²) in [6, 6.07) is 21.9. The van der Waals surface area contributed by atoms with E-state index >= 15 is 0 Å². The minimum Gasteiger partial charge on any atom is -0.361 e. The molecule has 8 heteroatoms. The van der Waals surface area contributed by atoms with Crippen LogP contribution in [0.2, 0.25) is 15.1 Å². The van der Waals surface area contributed by atoms with Crippen molar-refractivity contribution in [3.8, 4) is 0 Å². The second-order valence-electron chi connectivity index (χ2n) is 7.47. The molecule has 0 aliphatic carbocycles. The molecule has 0 N–H and O–H groups in total. The number of sulfonamides is 1. The molecule has 4 nitrogen and oxygen atoms in total. The van der Waals surface area contributed by atoms with E-state index in [4.69, 9.17) is 34.8 Å². The lowest BCUT2D eigenvalue weighted by Gasteiger charge is -2.42. The Bertz CT molecular complexity index is 1220. The molecule has 0 aromatic heterocycles. The van der Waals surface area contributed by atoms with E-state index < -0.39 is 10.0 Å². The molecule has 166 valence electrons. The highest BCUT2D eigenvalue weighted by Crippen LogP contribution is 2.37. The van der Waals surface area contributed by atoms with Gasteiger partial charge in [0.1, 0.15) is 0 Å². The van der Waals surface area contributed by atoms with Crippen LogP contribution >= 0.6 is 34.8 Å². The number of piperazine rings is 1. The molecule has 1 atom stereocenters. The first-order valence-electron chi connectivity index (χ1n) is 10.0. The predicted octanol–water partition coefficient (Wildman–Crippen LogP) is 6.51. The van der Waals surface area contributed by atoms with Crippen LogP contribution in [0.25, 0.3) is 6.08 Å². The van der Waals surface area contributed by atoms with Gasteiger partial charge in [0.15, 0.2) is 0 Å². The van der Waals surface area contributed by atoms with Crippen molar-refractivity contribution >= 4 is 56.6 Å². The Morgan fingerprint density at radius 1 is 0.844 bits per heavy atom. The fourth-order valence-electron chi connectivity index (χ4n) is 3.78. The van der Waals surface area contributed by atoms with Gasteiger partial charge >= 0.3 is 0 Å². The van der Waals surface area contributed by atoms with E-state index in [0.29, 0.717) is 28.2 Å². The number of anilines is 1. The van der Waals surface area contributed by atoms with Gasteiger partial charge < -0.3 is 4.90 Å². The zero-order chi connectivity index (χ0) is 22.7. The minimum absolute atomic E-state index is 0.236. The SMILES string of the molecule is O=S(=O)(/C=C/c1ccccc1)N1CCN(c2ccc(Cl)cc2Cl)C(c2ccc(Cl)cc2)C1. The molecule has 1 fully saturated rings. The smallest absolute Gasteiger partial charge is 0.236 e. The maximum Gasteiger partial charge on any atom is 0.236 e. The zero-order valence-corrected chi connectivity index (χ0v) is 20.1. The fourth-order valence-corrected chi connectivity index (χ4v) is 5.61. The molecule has 32 heavy (non-hydrogen) atoms. The highest BCUT2D eigenvalue weighted by molar-refractivity contribution is 7.92. The minimum atomic E-state index is -3.61. The Hall–Kier alpha value is -2.02. The summed E-state index contributed by atoms with van der Waals surface area (Å²) in [5.74, 6) is 0. The molecule has 0 spiro atoms. The fraction of sp³-hybridized carbons (Fsp3) is 0.167. The third-order valence-electron chi connectivity index (χ3n) is 5.41. The maximum atomic E-state index is 13.1. The van der Waals surface area contributed by atoms with E-state index in [1.807, 2.05) is 48.5 Å². The van der Waals surface area contributed by atoms with Gasteiger partial charge in [-0.1, -0.05) is 77.3 Å². The van der Waals surface area contributed by atoms with Crippen molar-refractivity contribution in [1.29, 1.82) is 0 Å². The monoisotopic (exact) mass is 506 g/mol. The average Bonchev–Trinajstić information content (AvgIpc) is 2.79. The van der Waals surface area contributed by atoms with Gasteiger partial charge in [-0.15, -0.1) is 0 Å². The van der Waals surface area contributed by atoms with E-state index in [-0.39, 0.29) is 12.6 Å². The molecule has 3 aromatic rings. The van der Waals surface area contributed by atoms with Crippen LogP contribution in [0.4, 0.5) is 5.69 Å². The molecule has 1 aliphatic rings. The zero-order valence-electron chi connectivity index (χ0n) is 17.0. The van der Waals surface area contributed by atoms with Crippen molar-refractivity contribution in [2.24, 2.45) is 0 Å². The normalized spacial score (nSPS) is 17.7. The van der Waals surface area contributed by atoms with Crippen LogP contribution in [0.3, 0.4) is 0 Å². The quantitative estimate of drug-likeness (QED) is 0.395. The summed E-state index contributed by atoms with van der Waals surface area (Å²) in [6.45, 7) is 1.10. The Morgan fingerprint density at radius 3 is 2.22 bits per heavy atom. The Labute approximate surface area is 203 Å². The highest BCUT2D eigenvalue weighted by Gasteiger charge is 2.34.